The minimum Gasteiger partial charge on any atom is -0.366 e. The van der Waals surface area contributed by atoms with Gasteiger partial charge in [0.1, 0.15) is 4.88 Å². The molecule has 0 bridgehead atoms. The number of anilines is 1. The van der Waals surface area contributed by atoms with Gasteiger partial charge in [-0.15, -0.1) is 5.10 Å². The van der Waals surface area contributed by atoms with Crippen molar-refractivity contribution < 1.29 is 9.59 Å². The van der Waals surface area contributed by atoms with Crippen LogP contribution in [0, 0.1) is 0 Å². The second-order valence-electron chi connectivity index (χ2n) is 3.80. The van der Waals surface area contributed by atoms with E-state index in [1.54, 1.807) is 24.3 Å². The monoisotopic (exact) mass is 276 g/mol. The molecule has 0 aliphatic heterocycles. The summed E-state index contributed by atoms with van der Waals surface area (Å²) < 4.78 is 3.76. The summed E-state index contributed by atoms with van der Waals surface area (Å²) in [5.41, 5.74) is 6.80. The van der Waals surface area contributed by atoms with E-state index < -0.39 is 5.91 Å². The molecule has 1 aromatic carbocycles. The lowest BCUT2D eigenvalue weighted by atomic mass is 10.2. The van der Waals surface area contributed by atoms with Crippen LogP contribution in [-0.2, 0) is 6.42 Å². The molecule has 7 heteroatoms. The predicted octanol–water partition coefficient (Wildman–Crippen LogP) is 1.45. The Morgan fingerprint density at radius 1 is 1.32 bits per heavy atom. The third kappa shape index (κ3) is 2.94. The number of primary amides is 1. The zero-order valence-corrected chi connectivity index (χ0v) is 11.0. The van der Waals surface area contributed by atoms with Crippen molar-refractivity contribution in [3.05, 3.63) is 40.4 Å². The maximum absolute atomic E-state index is 12.0. The first kappa shape index (κ1) is 13.2. The number of hydrogen-bond acceptors (Lipinski definition) is 5. The average molecular weight is 276 g/mol. The van der Waals surface area contributed by atoms with Crippen LogP contribution in [0.5, 0.6) is 0 Å². The van der Waals surface area contributed by atoms with Crippen LogP contribution in [0.15, 0.2) is 24.3 Å². The standard InChI is InChI=1S/C12H12N4O2S/c1-2-9-10(19-16-15-9)12(18)14-8-5-3-7(4-6-8)11(13)17/h3-6H,2H2,1H3,(H2,13,17)(H,14,18). The van der Waals surface area contributed by atoms with Crippen molar-refractivity contribution in [2.75, 3.05) is 5.32 Å². The summed E-state index contributed by atoms with van der Waals surface area (Å²) >= 11 is 1.06. The van der Waals surface area contributed by atoms with Crippen molar-refractivity contribution in [1.29, 1.82) is 0 Å². The van der Waals surface area contributed by atoms with Crippen molar-refractivity contribution >= 4 is 29.0 Å². The fourth-order valence-electron chi connectivity index (χ4n) is 1.52. The zero-order chi connectivity index (χ0) is 13.8. The van der Waals surface area contributed by atoms with E-state index in [2.05, 4.69) is 14.9 Å². The van der Waals surface area contributed by atoms with E-state index in [-0.39, 0.29) is 5.91 Å². The minimum absolute atomic E-state index is 0.251. The van der Waals surface area contributed by atoms with Crippen molar-refractivity contribution in [3.8, 4) is 0 Å². The molecule has 0 unspecified atom stereocenters. The van der Waals surface area contributed by atoms with Gasteiger partial charge in [-0.05, 0) is 42.2 Å². The maximum atomic E-state index is 12.0. The van der Waals surface area contributed by atoms with Gasteiger partial charge in [-0.1, -0.05) is 11.4 Å². The Bertz CT molecular complexity index is 606. The maximum Gasteiger partial charge on any atom is 0.269 e. The molecule has 2 aromatic rings. The number of benzene rings is 1. The van der Waals surface area contributed by atoms with E-state index in [0.29, 0.717) is 28.2 Å². The Balaban J connectivity index is 2.13. The lowest BCUT2D eigenvalue weighted by Gasteiger charge is -2.04. The molecule has 0 atom stereocenters. The molecule has 0 fully saturated rings. The van der Waals surface area contributed by atoms with E-state index >= 15 is 0 Å². The van der Waals surface area contributed by atoms with Crippen molar-refractivity contribution in [1.82, 2.24) is 9.59 Å². The molecule has 0 aliphatic carbocycles. The summed E-state index contributed by atoms with van der Waals surface area (Å²) in [5, 5.41) is 6.61. The summed E-state index contributed by atoms with van der Waals surface area (Å²) in [7, 11) is 0. The Labute approximate surface area is 113 Å². The largest absolute Gasteiger partial charge is 0.366 e. The fourth-order valence-corrected chi connectivity index (χ4v) is 2.16. The summed E-state index contributed by atoms with van der Waals surface area (Å²) in [4.78, 5) is 23.4. The van der Waals surface area contributed by atoms with Crippen LogP contribution in [0.25, 0.3) is 0 Å². The van der Waals surface area contributed by atoms with Crippen LogP contribution < -0.4 is 11.1 Å². The molecule has 19 heavy (non-hydrogen) atoms. The summed E-state index contributed by atoms with van der Waals surface area (Å²) in [5.74, 6) is -0.753. The van der Waals surface area contributed by atoms with Gasteiger partial charge in [0, 0.05) is 11.3 Å². The third-order valence-corrected chi connectivity index (χ3v) is 3.29. The Morgan fingerprint density at radius 2 is 2.00 bits per heavy atom. The van der Waals surface area contributed by atoms with E-state index in [4.69, 9.17) is 5.73 Å². The molecule has 1 aromatic heterocycles. The molecule has 6 nitrogen and oxygen atoms in total. The highest BCUT2D eigenvalue weighted by Gasteiger charge is 2.15. The fraction of sp³-hybridized carbons (Fsp3) is 0.167. The van der Waals surface area contributed by atoms with Crippen molar-refractivity contribution in [2.45, 2.75) is 13.3 Å². The number of nitrogens with one attached hydrogen (secondary N) is 1. The molecule has 2 amide bonds. The second kappa shape index (κ2) is 5.57. The van der Waals surface area contributed by atoms with Gasteiger partial charge in [0.25, 0.3) is 5.91 Å². The highest BCUT2D eigenvalue weighted by molar-refractivity contribution is 7.08. The van der Waals surface area contributed by atoms with E-state index in [1.165, 1.54) is 0 Å². The predicted molar refractivity (Wildman–Crippen MR) is 72.2 cm³/mol. The van der Waals surface area contributed by atoms with Crippen LogP contribution in [0.1, 0.15) is 32.6 Å². The van der Waals surface area contributed by atoms with Crippen molar-refractivity contribution in [3.63, 3.8) is 0 Å². The normalized spacial score (nSPS) is 10.2. The smallest absolute Gasteiger partial charge is 0.269 e. The molecule has 0 spiro atoms. The molecule has 0 saturated carbocycles. The summed E-state index contributed by atoms with van der Waals surface area (Å²) in [6.45, 7) is 1.91. The van der Waals surface area contributed by atoms with Gasteiger partial charge in [0.15, 0.2) is 0 Å². The number of nitrogens with two attached hydrogens (primary N) is 1. The lowest BCUT2D eigenvalue weighted by molar-refractivity contribution is 0.0998. The van der Waals surface area contributed by atoms with Crippen LogP contribution in [0.2, 0.25) is 0 Å². The molecular weight excluding hydrogens is 264 g/mol. The van der Waals surface area contributed by atoms with Gasteiger partial charge >= 0.3 is 0 Å². The first-order valence-electron chi connectivity index (χ1n) is 5.64. The first-order chi connectivity index (χ1) is 9.11. The highest BCUT2D eigenvalue weighted by atomic mass is 32.1. The molecule has 1 heterocycles. The van der Waals surface area contributed by atoms with Gasteiger partial charge < -0.3 is 11.1 Å². The van der Waals surface area contributed by atoms with Gasteiger partial charge in [0.2, 0.25) is 5.91 Å². The van der Waals surface area contributed by atoms with Crippen LogP contribution >= 0.6 is 11.5 Å². The van der Waals surface area contributed by atoms with Gasteiger partial charge in [0.05, 0.1) is 5.69 Å². The number of carbonyl (C=O) groups excluding carboxylic acids is 2. The molecule has 0 saturated heterocycles. The Hall–Kier alpha value is -2.28. The van der Waals surface area contributed by atoms with E-state index in [9.17, 15) is 9.59 Å². The number of hydrogen-bond donors (Lipinski definition) is 2. The average Bonchev–Trinajstić information content (AvgIpc) is 2.87. The molecule has 3 N–H and O–H groups in total. The van der Waals surface area contributed by atoms with Gasteiger partial charge in [-0.2, -0.15) is 0 Å². The number of aromatic nitrogens is 2. The Morgan fingerprint density at radius 3 is 2.58 bits per heavy atom. The van der Waals surface area contributed by atoms with Gasteiger partial charge in [-0.25, -0.2) is 0 Å². The van der Waals surface area contributed by atoms with Gasteiger partial charge in [-0.3, -0.25) is 9.59 Å². The van der Waals surface area contributed by atoms with Crippen molar-refractivity contribution in [2.24, 2.45) is 5.73 Å². The highest BCUT2D eigenvalue weighted by Crippen LogP contribution is 2.15. The number of aryl methyl sites for hydroxylation is 1. The summed E-state index contributed by atoms with van der Waals surface area (Å²) in [6.07, 6.45) is 0.653. The second-order valence-corrected chi connectivity index (χ2v) is 4.55. The van der Waals surface area contributed by atoms with Crippen LogP contribution in [0.4, 0.5) is 5.69 Å². The van der Waals surface area contributed by atoms with E-state index in [0.717, 1.165) is 11.5 Å². The number of amides is 2. The number of rotatable bonds is 4. The van der Waals surface area contributed by atoms with Crippen LogP contribution in [0.3, 0.4) is 0 Å². The lowest BCUT2D eigenvalue weighted by Crippen LogP contribution is -2.13. The Kier molecular flexibility index (Phi) is 3.86. The summed E-state index contributed by atoms with van der Waals surface area (Å²) in [6, 6.07) is 6.36. The molecular formula is C12H12N4O2S. The third-order valence-electron chi connectivity index (χ3n) is 2.52. The van der Waals surface area contributed by atoms with E-state index in [1.807, 2.05) is 6.92 Å². The number of carbonyl (C=O) groups is 2. The minimum atomic E-state index is -0.502. The molecule has 98 valence electrons. The molecule has 0 radical (unpaired) electrons. The molecule has 2 rings (SSSR count). The SMILES string of the molecule is CCc1nnsc1C(=O)Nc1ccc(C(N)=O)cc1. The first-order valence-corrected chi connectivity index (χ1v) is 6.41. The molecule has 0 aliphatic rings. The number of nitrogens with zero attached hydrogens (tertiary/aromatic N) is 2. The zero-order valence-electron chi connectivity index (χ0n) is 10.2. The quantitative estimate of drug-likeness (QED) is 0.883. The van der Waals surface area contributed by atoms with Crippen LogP contribution in [-0.4, -0.2) is 21.4 Å². The topological polar surface area (TPSA) is 98.0 Å².